The molecule has 1 aliphatic heterocycles. The molecule has 0 radical (unpaired) electrons. The van der Waals surface area contributed by atoms with Crippen molar-refractivity contribution >= 4 is 6.01 Å². The molecule has 1 fully saturated rings. The van der Waals surface area contributed by atoms with Crippen LogP contribution in [0.3, 0.4) is 0 Å². The molecule has 0 aliphatic carbocycles. The summed E-state index contributed by atoms with van der Waals surface area (Å²) in [7, 11) is 0. The molecule has 1 aliphatic rings. The van der Waals surface area contributed by atoms with Gasteiger partial charge in [-0.2, -0.15) is 0 Å². The zero-order valence-corrected chi connectivity index (χ0v) is 7.44. The molecule has 0 aromatic carbocycles. The van der Waals surface area contributed by atoms with Gasteiger partial charge >= 0.3 is 0 Å². The van der Waals surface area contributed by atoms with Crippen molar-refractivity contribution in [3.05, 3.63) is 12.5 Å². The number of oxazole rings is 1. The zero-order chi connectivity index (χ0) is 9.10. The molecule has 0 saturated carbocycles. The fourth-order valence-corrected chi connectivity index (χ4v) is 1.61. The lowest BCUT2D eigenvalue weighted by Gasteiger charge is -2.28. The van der Waals surface area contributed by atoms with Gasteiger partial charge in [-0.15, -0.1) is 12.3 Å². The van der Waals surface area contributed by atoms with Crippen molar-refractivity contribution in [2.75, 3.05) is 18.0 Å². The van der Waals surface area contributed by atoms with E-state index in [-0.39, 0.29) is 0 Å². The van der Waals surface area contributed by atoms with E-state index in [0.29, 0.717) is 5.92 Å². The molecule has 3 heteroatoms. The molecular weight excluding hydrogens is 164 g/mol. The Labute approximate surface area is 77.8 Å². The number of anilines is 1. The van der Waals surface area contributed by atoms with Crippen molar-refractivity contribution in [2.45, 2.75) is 12.8 Å². The fourth-order valence-electron chi connectivity index (χ4n) is 1.61. The summed E-state index contributed by atoms with van der Waals surface area (Å²) in [6, 6.07) is 0.718. The van der Waals surface area contributed by atoms with Gasteiger partial charge in [-0.05, 0) is 12.8 Å². The van der Waals surface area contributed by atoms with Crippen LogP contribution in [-0.4, -0.2) is 18.1 Å². The Kier molecular flexibility index (Phi) is 2.22. The minimum Gasteiger partial charge on any atom is -0.432 e. The van der Waals surface area contributed by atoms with E-state index in [1.54, 1.807) is 12.5 Å². The van der Waals surface area contributed by atoms with Gasteiger partial charge < -0.3 is 9.32 Å². The molecule has 0 spiro atoms. The molecule has 2 rings (SSSR count). The maximum Gasteiger partial charge on any atom is 0.297 e. The second-order valence-corrected chi connectivity index (χ2v) is 3.24. The minimum absolute atomic E-state index is 0.436. The third-order valence-corrected chi connectivity index (χ3v) is 2.42. The highest BCUT2D eigenvalue weighted by atomic mass is 16.4. The van der Waals surface area contributed by atoms with E-state index in [0.717, 1.165) is 31.9 Å². The van der Waals surface area contributed by atoms with Gasteiger partial charge in [0.25, 0.3) is 6.01 Å². The second-order valence-electron chi connectivity index (χ2n) is 3.24. The number of rotatable bonds is 1. The number of terminal acetylenes is 1. The first kappa shape index (κ1) is 8.18. The molecule has 0 amide bonds. The van der Waals surface area contributed by atoms with Gasteiger partial charge in [0.2, 0.25) is 0 Å². The van der Waals surface area contributed by atoms with Crippen molar-refractivity contribution in [3.63, 3.8) is 0 Å². The first-order chi connectivity index (χ1) is 6.40. The van der Waals surface area contributed by atoms with Gasteiger partial charge in [0.1, 0.15) is 6.26 Å². The summed E-state index contributed by atoms with van der Waals surface area (Å²) >= 11 is 0. The lowest BCUT2D eigenvalue weighted by Crippen LogP contribution is -2.33. The average molecular weight is 176 g/mol. The summed E-state index contributed by atoms with van der Waals surface area (Å²) < 4.78 is 5.21. The molecule has 68 valence electrons. The highest BCUT2D eigenvalue weighted by Gasteiger charge is 2.19. The van der Waals surface area contributed by atoms with E-state index < -0.39 is 0 Å². The molecule has 1 aromatic rings. The van der Waals surface area contributed by atoms with Crippen LogP contribution in [0.25, 0.3) is 0 Å². The molecule has 0 bridgehead atoms. The van der Waals surface area contributed by atoms with Crippen molar-refractivity contribution in [1.29, 1.82) is 0 Å². The van der Waals surface area contributed by atoms with Gasteiger partial charge in [-0.25, -0.2) is 4.98 Å². The maximum atomic E-state index is 5.36. The predicted molar refractivity (Wildman–Crippen MR) is 50.3 cm³/mol. The van der Waals surface area contributed by atoms with Gasteiger partial charge in [0.15, 0.2) is 0 Å². The van der Waals surface area contributed by atoms with Gasteiger partial charge in [-0.1, -0.05) is 0 Å². The quantitative estimate of drug-likeness (QED) is 0.607. The summed E-state index contributed by atoms with van der Waals surface area (Å²) in [5.74, 6) is 3.23. The number of aromatic nitrogens is 1. The second kappa shape index (κ2) is 3.53. The Bertz CT molecular complexity index is 291. The largest absolute Gasteiger partial charge is 0.432 e. The van der Waals surface area contributed by atoms with E-state index >= 15 is 0 Å². The maximum absolute atomic E-state index is 5.36. The van der Waals surface area contributed by atoms with Crippen LogP contribution in [0.5, 0.6) is 0 Å². The van der Waals surface area contributed by atoms with Crippen molar-refractivity contribution in [3.8, 4) is 12.3 Å². The highest BCUT2D eigenvalue weighted by molar-refractivity contribution is 5.26. The third-order valence-electron chi connectivity index (χ3n) is 2.42. The zero-order valence-electron chi connectivity index (χ0n) is 7.44. The van der Waals surface area contributed by atoms with Crippen LogP contribution in [0, 0.1) is 18.3 Å². The van der Waals surface area contributed by atoms with Crippen molar-refractivity contribution in [2.24, 2.45) is 5.92 Å². The van der Waals surface area contributed by atoms with Gasteiger partial charge in [-0.3, -0.25) is 0 Å². The van der Waals surface area contributed by atoms with E-state index in [1.165, 1.54) is 0 Å². The molecule has 1 saturated heterocycles. The Morgan fingerprint density at radius 2 is 2.31 bits per heavy atom. The van der Waals surface area contributed by atoms with Crippen LogP contribution in [0.4, 0.5) is 6.01 Å². The lowest BCUT2D eigenvalue weighted by molar-refractivity contribution is 0.450. The topological polar surface area (TPSA) is 29.3 Å². The van der Waals surface area contributed by atoms with E-state index in [2.05, 4.69) is 15.8 Å². The first-order valence-electron chi connectivity index (χ1n) is 4.50. The van der Waals surface area contributed by atoms with Crippen molar-refractivity contribution in [1.82, 2.24) is 4.98 Å². The number of hydrogen-bond donors (Lipinski definition) is 0. The SMILES string of the molecule is C#CC1CCN(c2ncco2)CC1. The standard InChI is InChI=1S/C10H12N2O/c1-2-9-3-6-12(7-4-9)10-11-5-8-13-10/h1,5,8-9H,3-4,6-7H2. The first-order valence-corrected chi connectivity index (χ1v) is 4.50. The minimum atomic E-state index is 0.436. The summed E-state index contributed by atoms with van der Waals surface area (Å²) in [6.07, 6.45) is 10.7. The van der Waals surface area contributed by atoms with Gasteiger partial charge in [0.05, 0.1) is 6.20 Å². The normalized spacial score (nSPS) is 18.5. The number of nitrogens with zero attached hydrogens (tertiary/aromatic N) is 2. The smallest absolute Gasteiger partial charge is 0.297 e. The molecule has 0 atom stereocenters. The summed E-state index contributed by atoms with van der Waals surface area (Å²) in [5, 5.41) is 0. The van der Waals surface area contributed by atoms with Crippen LogP contribution >= 0.6 is 0 Å². The Morgan fingerprint density at radius 1 is 1.54 bits per heavy atom. The average Bonchev–Trinajstić information content (AvgIpc) is 2.71. The van der Waals surface area contributed by atoms with E-state index in [1.807, 2.05) is 0 Å². The summed E-state index contributed by atoms with van der Waals surface area (Å²) in [6.45, 7) is 1.91. The van der Waals surface area contributed by atoms with Crippen molar-refractivity contribution < 1.29 is 4.42 Å². The molecule has 13 heavy (non-hydrogen) atoms. The molecular formula is C10H12N2O. The fraction of sp³-hybridized carbons (Fsp3) is 0.500. The number of piperidine rings is 1. The van der Waals surface area contributed by atoms with Crippen LogP contribution in [0.1, 0.15) is 12.8 Å². The molecule has 0 N–H and O–H groups in total. The monoisotopic (exact) mass is 176 g/mol. The Morgan fingerprint density at radius 3 is 2.85 bits per heavy atom. The Balaban J connectivity index is 1.96. The Hall–Kier alpha value is -1.43. The predicted octanol–water partition coefficient (Wildman–Crippen LogP) is 1.52. The van der Waals surface area contributed by atoms with Gasteiger partial charge in [0, 0.05) is 19.0 Å². The van der Waals surface area contributed by atoms with Crippen LogP contribution in [0.2, 0.25) is 0 Å². The molecule has 1 aromatic heterocycles. The molecule has 3 nitrogen and oxygen atoms in total. The third kappa shape index (κ3) is 1.67. The molecule has 2 heterocycles. The molecule has 0 unspecified atom stereocenters. The van der Waals surface area contributed by atoms with E-state index in [9.17, 15) is 0 Å². The highest BCUT2D eigenvalue weighted by Crippen LogP contribution is 2.20. The lowest BCUT2D eigenvalue weighted by atomic mass is 9.98. The van der Waals surface area contributed by atoms with Crippen LogP contribution in [0.15, 0.2) is 16.9 Å². The summed E-state index contributed by atoms with van der Waals surface area (Å²) in [4.78, 5) is 6.23. The van der Waals surface area contributed by atoms with Crippen LogP contribution < -0.4 is 4.90 Å². The summed E-state index contributed by atoms with van der Waals surface area (Å²) in [5.41, 5.74) is 0. The number of hydrogen-bond acceptors (Lipinski definition) is 3. The van der Waals surface area contributed by atoms with Crippen LogP contribution in [-0.2, 0) is 0 Å². The van der Waals surface area contributed by atoms with E-state index in [4.69, 9.17) is 10.8 Å².